The Hall–Kier alpha value is -1.85. The first kappa shape index (κ1) is 13.6. The Morgan fingerprint density at radius 1 is 1.42 bits per heavy atom. The van der Waals surface area contributed by atoms with Gasteiger partial charge in [-0.1, -0.05) is 13.8 Å². The van der Waals surface area contributed by atoms with E-state index in [0.717, 1.165) is 5.69 Å². The summed E-state index contributed by atoms with van der Waals surface area (Å²) in [7, 11) is 0. The summed E-state index contributed by atoms with van der Waals surface area (Å²) < 4.78 is 0. The third-order valence-electron chi connectivity index (χ3n) is 3.62. The molecule has 1 heterocycles. The molecule has 0 unspecified atom stereocenters. The van der Waals surface area contributed by atoms with Gasteiger partial charge in [-0.3, -0.25) is 14.7 Å². The molecule has 1 fully saturated rings. The van der Waals surface area contributed by atoms with Gasteiger partial charge in [0.25, 0.3) is 0 Å². The van der Waals surface area contributed by atoms with Gasteiger partial charge in [0.1, 0.15) is 0 Å². The first-order chi connectivity index (χ1) is 8.97. The number of nitrogens with one attached hydrogen (secondary N) is 2. The lowest BCUT2D eigenvalue weighted by Crippen LogP contribution is -2.21. The number of carboxylic acid groups (broad SMARTS) is 1. The van der Waals surface area contributed by atoms with Crippen LogP contribution >= 0.6 is 0 Å². The van der Waals surface area contributed by atoms with Crippen LogP contribution in [0.25, 0.3) is 0 Å². The van der Waals surface area contributed by atoms with Crippen LogP contribution in [0.1, 0.15) is 44.7 Å². The normalized spacial score (nSPS) is 22.7. The number of H-pyrrole nitrogens is 1. The lowest BCUT2D eigenvalue weighted by Gasteiger charge is -2.08. The maximum Gasteiger partial charge on any atom is 0.306 e. The van der Waals surface area contributed by atoms with E-state index in [1.54, 1.807) is 0 Å². The van der Waals surface area contributed by atoms with Gasteiger partial charge in [-0.05, 0) is 25.2 Å². The SMILES string of the molecule is CC(C)c1cc(NC(=O)[C@@H]2CC[C@H](C(=O)O)C2)n[nH]1. The largest absolute Gasteiger partial charge is 0.481 e. The minimum Gasteiger partial charge on any atom is -0.481 e. The summed E-state index contributed by atoms with van der Waals surface area (Å²) in [6, 6.07) is 1.81. The Kier molecular flexibility index (Phi) is 3.87. The Balaban J connectivity index is 1.92. The highest BCUT2D eigenvalue weighted by Gasteiger charge is 2.34. The topological polar surface area (TPSA) is 95.1 Å². The van der Waals surface area contributed by atoms with E-state index in [4.69, 9.17) is 5.11 Å². The molecule has 1 amide bonds. The Morgan fingerprint density at radius 2 is 2.11 bits per heavy atom. The van der Waals surface area contributed by atoms with Gasteiger partial charge < -0.3 is 10.4 Å². The molecule has 2 rings (SSSR count). The number of aromatic nitrogens is 2. The predicted octanol–water partition coefficient (Wildman–Crippen LogP) is 1.97. The standard InChI is InChI=1S/C13H19N3O3/c1-7(2)10-6-11(16-15-10)14-12(17)8-3-4-9(5-8)13(18)19/h6-9H,3-5H2,1-2H3,(H,18,19)(H2,14,15,16,17)/t8-,9+/m1/s1. The predicted molar refractivity (Wildman–Crippen MR) is 69.8 cm³/mol. The van der Waals surface area contributed by atoms with E-state index in [1.165, 1.54) is 0 Å². The number of hydrogen-bond donors (Lipinski definition) is 3. The molecular formula is C13H19N3O3. The second kappa shape index (κ2) is 5.42. The van der Waals surface area contributed by atoms with Gasteiger partial charge in [0.15, 0.2) is 5.82 Å². The number of anilines is 1. The number of nitrogens with zero attached hydrogens (tertiary/aromatic N) is 1. The first-order valence-corrected chi connectivity index (χ1v) is 6.56. The molecule has 1 aliphatic rings. The van der Waals surface area contributed by atoms with E-state index in [0.29, 0.717) is 31.0 Å². The molecule has 0 bridgehead atoms. The van der Waals surface area contributed by atoms with Gasteiger partial charge in [0, 0.05) is 17.7 Å². The van der Waals surface area contributed by atoms with Crippen LogP contribution in [0.3, 0.4) is 0 Å². The number of amides is 1. The van der Waals surface area contributed by atoms with Gasteiger partial charge in [-0.25, -0.2) is 0 Å². The highest BCUT2D eigenvalue weighted by Crippen LogP contribution is 2.31. The summed E-state index contributed by atoms with van der Waals surface area (Å²) in [5.41, 5.74) is 0.963. The number of hydrogen-bond acceptors (Lipinski definition) is 3. The van der Waals surface area contributed by atoms with Crippen LogP contribution in [-0.2, 0) is 9.59 Å². The number of aliphatic carboxylic acids is 1. The molecule has 1 aromatic rings. The van der Waals surface area contributed by atoms with Crippen molar-refractivity contribution < 1.29 is 14.7 Å². The summed E-state index contributed by atoms with van der Waals surface area (Å²) in [5, 5.41) is 18.6. The smallest absolute Gasteiger partial charge is 0.306 e. The third-order valence-corrected chi connectivity index (χ3v) is 3.62. The van der Waals surface area contributed by atoms with Crippen molar-refractivity contribution in [2.45, 2.75) is 39.0 Å². The molecule has 1 saturated carbocycles. The molecule has 2 atom stereocenters. The van der Waals surface area contributed by atoms with E-state index in [9.17, 15) is 9.59 Å². The lowest BCUT2D eigenvalue weighted by molar-refractivity contribution is -0.141. The summed E-state index contributed by atoms with van der Waals surface area (Å²) in [6.07, 6.45) is 1.62. The van der Waals surface area contributed by atoms with E-state index >= 15 is 0 Å². The number of aromatic amines is 1. The maximum atomic E-state index is 12.0. The summed E-state index contributed by atoms with van der Waals surface area (Å²) >= 11 is 0. The van der Waals surface area contributed by atoms with E-state index < -0.39 is 5.97 Å². The average Bonchev–Trinajstić information content (AvgIpc) is 2.96. The number of carbonyl (C=O) groups is 2. The number of rotatable bonds is 4. The van der Waals surface area contributed by atoms with Gasteiger partial charge in [-0.15, -0.1) is 0 Å². The fraction of sp³-hybridized carbons (Fsp3) is 0.615. The molecule has 0 aromatic carbocycles. The highest BCUT2D eigenvalue weighted by molar-refractivity contribution is 5.92. The molecule has 3 N–H and O–H groups in total. The molecule has 1 aromatic heterocycles. The monoisotopic (exact) mass is 265 g/mol. The van der Waals surface area contributed by atoms with Crippen molar-refractivity contribution in [1.29, 1.82) is 0 Å². The van der Waals surface area contributed by atoms with E-state index in [1.807, 2.05) is 19.9 Å². The summed E-state index contributed by atoms with van der Waals surface area (Å²) in [4.78, 5) is 22.9. The minimum atomic E-state index is -0.808. The zero-order valence-electron chi connectivity index (χ0n) is 11.1. The van der Waals surface area contributed by atoms with Gasteiger partial charge in [0.05, 0.1) is 5.92 Å². The molecule has 0 radical (unpaired) electrons. The van der Waals surface area contributed by atoms with Crippen molar-refractivity contribution in [1.82, 2.24) is 10.2 Å². The number of carboxylic acids is 1. The van der Waals surface area contributed by atoms with Gasteiger partial charge in [-0.2, -0.15) is 5.10 Å². The van der Waals surface area contributed by atoms with Crippen LogP contribution in [0.2, 0.25) is 0 Å². The molecule has 0 spiro atoms. The zero-order chi connectivity index (χ0) is 14.0. The van der Waals surface area contributed by atoms with Crippen molar-refractivity contribution in [3.63, 3.8) is 0 Å². The second-order valence-corrected chi connectivity index (χ2v) is 5.40. The first-order valence-electron chi connectivity index (χ1n) is 6.56. The number of carbonyl (C=O) groups excluding carboxylic acids is 1. The molecule has 19 heavy (non-hydrogen) atoms. The average molecular weight is 265 g/mol. The molecule has 104 valence electrons. The molecule has 6 heteroatoms. The van der Waals surface area contributed by atoms with Crippen molar-refractivity contribution in [2.75, 3.05) is 5.32 Å². The van der Waals surface area contributed by atoms with E-state index in [2.05, 4.69) is 15.5 Å². The third kappa shape index (κ3) is 3.13. The fourth-order valence-corrected chi connectivity index (χ4v) is 2.37. The van der Waals surface area contributed by atoms with Crippen LogP contribution < -0.4 is 5.32 Å². The zero-order valence-corrected chi connectivity index (χ0v) is 11.1. The van der Waals surface area contributed by atoms with Crippen molar-refractivity contribution in [3.05, 3.63) is 11.8 Å². The van der Waals surface area contributed by atoms with Crippen LogP contribution in [0.4, 0.5) is 5.82 Å². The molecule has 1 aliphatic carbocycles. The van der Waals surface area contributed by atoms with Crippen molar-refractivity contribution >= 4 is 17.7 Å². The lowest BCUT2D eigenvalue weighted by atomic mass is 10.0. The van der Waals surface area contributed by atoms with Crippen LogP contribution in [0.5, 0.6) is 0 Å². The molecule has 6 nitrogen and oxygen atoms in total. The van der Waals surface area contributed by atoms with Crippen LogP contribution in [-0.4, -0.2) is 27.2 Å². The molecular weight excluding hydrogens is 246 g/mol. The highest BCUT2D eigenvalue weighted by atomic mass is 16.4. The Morgan fingerprint density at radius 3 is 2.63 bits per heavy atom. The van der Waals surface area contributed by atoms with Crippen molar-refractivity contribution in [3.8, 4) is 0 Å². The molecule has 0 saturated heterocycles. The second-order valence-electron chi connectivity index (χ2n) is 5.40. The van der Waals surface area contributed by atoms with Crippen LogP contribution in [0, 0.1) is 11.8 Å². The maximum absolute atomic E-state index is 12.0. The van der Waals surface area contributed by atoms with Crippen LogP contribution in [0.15, 0.2) is 6.07 Å². The van der Waals surface area contributed by atoms with Gasteiger partial charge >= 0.3 is 5.97 Å². The summed E-state index contributed by atoms with van der Waals surface area (Å²) in [6.45, 7) is 4.07. The minimum absolute atomic E-state index is 0.134. The van der Waals surface area contributed by atoms with Gasteiger partial charge in [0.2, 0.25) is 5.91 Å². The quantitative estimate of drug-likeness (QED) is 0.775. The van der Waals surface area contributed by atoms with E-state index in [-0.39, 0.29) is 17.7 Å². The molecule has 0 aliphatic heterocycles. The summed E-state index contributed by atoms with van der Waals surface area (Å²) in [5.74, 6) is -0.724. The fourth-order valence-electron chi connectivity index (χ4n) is 2.37. The Bertz CT molecular complexity index is 481. The Labute approximate surface area is 111 Å². The van der Waals surface area contributed by atoms with Crippen molar-refractivity contribution in [2.24, 2.45) is 11.8 Å².